The third kappa shape index (κ3) is 6.07. The summed E-state index contributed by atoms with van der Waals surface area (Å²) in [5, 5.41) is 0. The molecule has 0 aliphatic heterocycles. The molecular weight excluding hydrogens is 284 g/mol. The molecule has 1 aromatic rings. The van der Waals surface area contributed by atoms with Crippen molar-refractivity contribution in [3.05, 3.63) is 10.6 Å². The van der Waals surface area contributed by atoms with Crippen LogP contribution < -0.4 is 5.73 Å². The highest BCUT2D eigenvalue weighted by Gasteiger charge is 2.17. The molecule has 1 rings (SSSR count). The van der Waals surface area contributed by atoms with E-state index in [0.29, 0.717) is 0 Å². The van der Waals surface area contributed by atoms with Gasteiger partial charge in [-0.1, -0.05) is 11.8 Å². The summed E-state index contributed by atoms with van der Waals surface area (Å²) < 4.78 is 5.95. The van der Waals surface area contributed by atoms with Gasteiger partial charge in [-0.15, -0.1) is 11.3 Å². The molecule has 0 unspecified atom stereocenters. The molecule has 5 nitrogen and oxygen atoms in total. The molecule has 0 aliphatic carbocycles. The molecule has 7 heteroatoms. The number of hydrogen-bond donors (Lipinski definition) is 1. The zero-order valence-electron chi connectivity index (χ0n) is 11.5. The molecule has 0 fully saturated rings. The lowest BCUT2D eigenvalue weighted by Crippen LogP contribution is -2.24. The first kappa shape index (κ1) is 16.0. The van der Waals surface area contributed by atoms with Crippen LogP contribution in [0.2, 0.25) is 0 Å². The van der Waals surface area contributed by atoms with Crippen LogP contribution in [-0.2, 0) is 20.7 Å². The lowest BCUT2D eigenvalue weighted by atomic mass is 10.2. The molecule has 2 N–H and O–H groups in total. The van der Waals surface area contributed by atoms with Gasteiger partial charge in [0.2, 0.25) is 5.91 Å². The van der Waals surface area contributed by atoms with E-state index in [1.807, 2.05) is 27.7 Å². The Balaban J connectivity index is 2.54. The SMILES string of the molecule is Cc1nc(SCC(=O)OC(C)(C)C)sc1CC(N)=O. The number of thioether (sulfide) groups is 1. The van der Waals surface area contributed by atoms with Gasteiger partial charge in [0, 0.05) is 4.88 Å². The first-order valence-electron chi connectivity index (χ1n) is 5.76. The van der Waals surface area contributed by atoms with E-state index in [1.54, 1.807) is 0 Å². The van der Waals surface area contributed by atoms with Crippen LogP contribution in [0.15, 0.2) is 4.34 Å². The van der Waals surface area contributed by atoms with Crippen molar-refractivity contribution in [2.24, 2.45) is 5.73 Å². The first-order chi connectivity index (χ1) is 8.67. The number of esters is 1. The number of ether oxygens (including phenoxy) is 1. The van der Waals surface area contributed by atoms with Crippen LogP contribution in [0.25, 0.3) is 0 Å². The van der Waals surface area contributed by atoms with Crippen molar-refractivity contribution in [1.82, 2.24) is 4.98 Å². The van der Waals surface area contributed by atoms with Crippen LogP contribution in [-0.4, -0.2) is 28.2 Å². The summed E-state index contributed by atoms with van der Waals surface area (Å²) >= 11 is 2.70. The largest absolute Gasteiger partial charge is 0.459 e. The monoisotopic (exact) mass is 302 g/mol. The number of hydrogen-bond acceptors (Lipinski definition) is 6. The molecule has 0 aromatic carbocycles. The average molecular weight is 302 g/mol. The van der Waals surface area contributed by atoms with Gasteiger partial charge in [-0.2, -0.15) is 0 Å². The highest BCUT2D eigenvalue weighted by Crippen LogP contribution is 2.27. The van der Waals surface area contributed by atoms with Crippen molar-refractivity contribution < 1.29 is 14.3 Å². The van der Waals surface area contributed by atoms with Gasteiger partial charge in [0.1, 0.15) is 5.60 Å². The molecule has 0 radical (unpaired) electrons. The molecule has 106 valence electrons. The minimum atomic E-state index is -0.479. The first-order valence-corrected chi connectivity index (χ1v) is 7.57. The summed E-state index contributed by atoms with van der Waals surface area (Å²) in [5.41, 5.74) is 5.46. The molecule has 1 heterocycles. The van der Waals surface area contributed by atoms with Gasteiger partial charge in [-0.25, -0.2) is 4.98 Å². The second-order valence-electron chi connectivity index (χ2n) is 5.01. The summed E-state index contributed by atoms with van der Waals surface area (Å²) in [5.74, 6) is -0.447. The van der Waals surface area contributed by atoms with Crippen LogP contribution in [0, 0.1) is 6.92 Å². The number of primary amides is 1. The minimum Gasteiger partial charge on any atom is -0.459 e. The van der Waals surface area contributed by atoms with E-state index in [9.17, 15) is 9.59 Å². The van der Waals surface area contributed by atoms with E-state index in [-0.39, 0.29) is 24.1 Å². The number of carbonyl (C=O) groups excluding carboxylic acids is 2. The number of aryl methyl sites for hydroxylation is 1. The number of nitrogens with zero attached hydrogens (tertiary/aromatic N) is 1. The predicted octanol–water partition coefficient (Wildman–Crippen LogP) is 1.91. The average Bonchev–Trinajstić information content (AvgIpc) is 2.53. The fourth-order valence-electron chi connectivity index (χ4n) is 1.28. The lowest BCUT2D eigenvalue weighted by molar-refractivity contribution is -0.151. The third-order valence-corrected chi connectivity index (χ3v) is 4.22. The van der Waals surface area contributed by atoms with Gasteiger partial charge < -0.3 is 10.5 Å². The molecular formula is C12H18N2O3S2. The predicted molar refractivity (Wildman–Crippen MR) is 76.3 cm³/mol. The summed E-state index contributed by atoms with van der Waals surface area (Å²) in [6.07, 6.45) is 0.191. The molecule has 0 saturated carbocycles. The Bertz CT molecular complexity index is 478. The van der Waals surface area contributed by atoms with Gasteiger partial charge in [0.05, 0.1) is 17.9 Å². The van der Waals surface area contributed by atoms with E-state index in [0.717, 1.165) is 14.9 Å². The molecule has 0 bridgehead atoms. The minimum absolute atomic E-state index is 0.191. The number of amides is 1. The fraction of sp³-hybridized carbons (Fsp3) is 0.583. The highest BCUT2D eigenvalue weighted by atomic mass is 32.2. The van der Waals surface area contributed by atoms with Crippen LogP contribution in [0.3, 0.4) is 0 Å². The maximum absolute atomic E-state index is 11.6. The zero-order valence-corrected chi connectivity index (χ0v) is 13.1. The van der Waals surface area contributed by atoms with Crippen molar-refractivity contribution in [2.75, 3.05) is 5.75 Å². The second-order valence-corrected chi connectivity index (χ2v) is 7.31. The number of nitrogens with two attached hydrogens (primary N) is 1. The molecule has 1 amide bonds. The van der Waals surface area contributed by atoms with Crippen molar-refractivity contribution in [2.45, 2.75) is 44.1 Å². The Morgan fingerprint density at radius 2 is 2.05 bits per heavy atom. The highest BCUT2D eigenvalue weighted by molar-refractivity contribution is 8.01. The Hall–Kier alpha value is -1.08. The normalized spacial score (nSPS) is 11.4. The third-order valence-electron chi connectivity index (χ3n) is 1.94. The summed E-state index contributed by atoms with van der Waals surface area (Å²) in [6, 6.07) is 0. The van der Waals surface area contributed by atoms with Gasteiger partial charge in [-0.3, -0.25) is 9.59 Å². The van der Waals surface area contributed by atoms with Gasteiger partial charge in [0.15, 0.2) is 4.34 Å². The quantitative estimate of drug-likeness (QED) is 0.663. The summed E-state index contributed by atoms with van der Waals surface area (Å²) in [4.78, 5) is 27.6. The van der Waals surface area contributed by atoms with Crippen molar-refractivity contribution in [3.63, 3.8) is 0 Å². The number of thiazole rings is 1. The Morgan fingerprint density at radius 1 is 1.42 bits per heavy atom. The molecule has 0 saturated heterocycles. The molecule has 0 atom stereocenters. The van der Waals surface area contributed by atoms with Crippen molar-refractivity contribution in [3.8, 4) is 0 Å². The van der Waals surface area contributed by atoms with E-state index in [2.05, 4.69) is 4.98 Å². The number of rotatable bonds is 5. The number of aromatic nitrogens is 1. The second kappa shape index (κ2) is 6.38. The van der Waals surface area contributed by atoms with Gasteiger partial charge in [-0.05, 0) is 27.7 Å². The van der Waals surface area contributed by atoms with Crippen molar-refractivity contribution >= 4 is 35.0 Å². The van der Waals surface area contributed by atoms with Crippen LogP contribution >= 0.6 is 23.1 Å². The summed E-state index contributed by atoms with van der Waals surface area (Å²) in [6.45, 7) is 7.31. The van der Waals surface area contributed by atoms with Gasteiger partial charge >= 0.3 is 5.97 Å². The maximum atomic E-state index is 11.6. The smallest absolute Gasteiger partial charge is 0.316 e. The van der Waals surface area contributed by atoms with Crippen LogP contribution in [0.1, 0.15) is 31.3 Å². The van der Waals surface area contributed by atoms with E-state index >= 15 is 0 Å². The van der Waals surface area contributed by atoms with Crippen LogP contribution in [0.4, 0.5) is 0 Å². The Morgan fingerprint density at radius 3 is 2.58 bits per heavy atom. The van der Waals surface area contributed by atoms with E-state index < -0.39 is 5.60 Å². The topological polar surface area (TPSA) is 82.3 Å². The van der Waals surface area contributed by atoms with Crippen molar-refractivity contribution in [1.29, 1.82) is 0 Å². The molecule has 0 aliphatic rings. The summed E-state index contributed by atoms with van der Waals surface area (Å²) in [7, 11) is 0. The zero-order chi connectivity index (χ0) is 14.6. The maximum Gasteiger partial charge on any atom is 0.316 e. The van der Waals surface area contributed by atoms with E-state index in [1.165, 1.54) is 23.1 Å². The molecule has 1 aromatic heterocycles. The fourth-order valence-corrected chi connectivity index (χ4v) is 3.29. The Labute approximate surface area is 120 Å². The van der Waals surface area contributed by atoms with Crippen LogP contribution in [0.5, 0.6) is 0 Å². The van der Waals surface area contributed by atoms with E-state index in [4.69, 9.17) is 10.5 Å². The van der Waals surface area contributed by atoms with Gasteiger partial charge in [0.25, 0.3) is 0 Å². The standard InChI is InChI=1S/C12H18N2O3S2/c1-7-8(5-9(13)15)19-11(14-7)18-6-10(16)17-12(2,3)4/h5-6H2,1-4H3,(H2,13,15). The number of carbonyl (C=O) groups is 2. The molecule has 19 heavy (non-hydrogen) atoms. The Kier molecular flexibility index (Phi) is 5.37. The lowest BCUT2D eigenvalue weighted by Gasteiger charge is -2.18. The molecule has 0 spiro atoms.